The Morgan fingerprint density at radius 1 is 1.19 bits per heavy atom. The van der Waals surface area contributed by atoms with E-state index < -0.39 is 11.1 Å². The second kappa shape index (κ2) is 3.56. The van der Waals surface area contributed by atoms with Crippen LogP contribution in [0.25, 0.3) is 21.5 Å². The number of nitrogens with one attached hydrogen (secondary N) is 2. The number of nitrogens with zero attached hydrogens (tertiary/aromatic N) is 3. The number of H-pyrrole nitrogens is 2. The summed E-state index contributed by atoms with van der Waals surface area (Å²) in [4.78, 5) is 29.7. The monoisotopic (exact) mass is 217 g/mol. The molecule has 1 aromatic heterocycles. The van der Waals surface area contributed by atoms with Gasteiger partial charge in [0.2, 0.25) is 0 Å². The maximum atomic E-state index is 11.1. The Morgan fingerprint density at radius 3 is 2.31 bits per heavy atom. The van der Waals surface area contributed by atoms with Crippen LogP contribution in [0, 0.1) is 6.92 Å². The van der Waals surface area contributed by atoms with Gasteiger partial charge in [-0.3, -0.25) is 9.59 Å². The molecule has 0 amide bonds. The molecule has 2 aromatic rings. The van der Waals surface area contributed by atoms with E-state index in [1.807, 2.05) is 0 Å². The highest BCUT2D eigenvalue weighted by atomic mass is 16.2. The van der Waals surface area contributed by atoms with Crippen LogP contribution in [0.4, 0.5) is 5.69 Å². The van der Waals surface area contributed by atoms with E-state index in [2.05, 4.69) is 20.0 Å². The lowest BCUT2D eigenvalue weighted by Gasteiger charge is -2.02. The number of hydrogen-bond donors (Lipinski definition) is 2. The Hall–Kier alpha value is -2.53. The van der Waals surface area contributed by atoms with E-state index in [1.165, 1.54) is 6.07 Å². The second-order valence-electron chi connectivity index (χ2n) is 3.28. The van der Waals surface area contributed by atoms with Crippen molar-refractivity contribution in [3.8, 4) is 0 Å². The van der Waals surface area contributed by atoms with Crippen molar-refractivity contribution in [3.05, 3.63) is 48.8 Å². The van der Waals surface area contributed by atoms with Gasteiger partial charge in [-0.15, -0.1) is 0 Å². The molecule has 0 bridgehead atoms. The highest BCUT2D eigenvalue weighted by Gasteiger charge is 2.03. The van der Waals surface area contributed by atoms with E-state index in [0.717, 1.165) is 0 Å². The molecule has 16 heavy (non-hydrogen) atoms. The summed E-state index contributed by atoms with van der Waals surface area (Å²) in [7, 11) is 0. The van der Waals surface area contributed by atoms with Gasteiger partial charge in [0.1, 0.15) is 0 Å². The number of rotatable bonds is 1. The molecule has 80 valence electrons. The van der Waals surface area contributed by atoms with Crippen LogP contribution in [-0.4, -0.2) is 9.97 Å². The molecule has 0 atom stereocenters. The lowest BCUT2D eigenvalue weighted by atomic mass is 10.2. The number of aryl methyl sites for hydroxylation is 1. The first-order chi connectivity index (χ1) is 7.61. The lowest BCUT2D eigenvalue weighted by Crippen LogP contribution is -2.28. The van der Waals surface area contributed by atoms with Crippen molar-refractivity contribution in [2.75, 3.05) is 0 Å². The maximum absolute atomic E-state index is 11.1. The van der Waals surface area contributed by atoms with Crippen LogP contribution >= 0.6 is 0 Å². The average molecular weight is 217 g/mol. The van der Waals surface area contributed by atoms with Gasteiger partial charge in [0, 0.05) is 10.6 Å². The molecule has 0 aliphatic carbocycles. The predicted molar refractivity (Wildman–Crippen MR) is 58.7 cm³/mol. The third kappa shape index (κ3) is 1.55. The van der Waals surface area contributed by atoms with Gasteiger partial charge in [-0.2, -0.15) is 0 Å². The smallest absolute Gasteiger partial charge is 0.314 e. The average Bonchev–Trinajstić information content (AvgIpc) is 2.23. The van der Waals surface area contributed by atoms with Gasteiger partial charge < -0.3 is 9.97 Å². The zero-order chi connectivity index (χ0) is 11.7. The van der Waals surface area contributed by atoms with E-state index in [4.69, 9.17) is 5.53 Å². The summed E-state index contributed by atoms with van der Waals surface area (Å²) in [6.07, 6.45) is 0. The minimum absolute atomic E-state index is 0.415. The molecule has 0 unspecified atom stereocenters. The van der Waals surface area contributed by atoms with E-state index in [0.29, 0.717) is 22.3 Å². The number of fused-ring (bicyclic) bond motifs is 1. The zero-order valence-electron chi connectivity index (χ0n) is 8.31. The summed E-state index contributed by atoms with van der Waals surface area (Å²) in [6.45, 7) is 1.74. The summed E-state index contributed by atoms with van der Waals surface area (Å²) < 4.78 is 0. The molecular weight excluding hydrogens is 210 g/mol. The Labute approximate surface area is 88.4 Å². The van der Waals surface area contributed by atoms with Gasteiger partial charge in [0.25, 0.3) is 0 Å². The fraction of sp³-hybridized carbons (Fsp3) is 0.111. The van der Waals surface area contributed by atoms with Crippen LogP contribution in [0.1, 0.15) is 5.56 Å². The summed E-state index contributed by atoms with van der Waals surface area (Å²) in [5.41, 5.74) is 8.96. The third-order valence-electron chi connectivity index (χ3n) is 2.19. The van der Waals surface area contributed by atoms with Crippen molar-refractivity contribution < 1.29 is 0 Å². The number of hydrogen-bond acceptors (Lipinski definition) is 3. The molecule has 0 saturated carbocycles. The van der Waals surface area contributed by atoms with Gasteiger partial charge in [0.15, 0.2) is 0 Å². The van der Waals surface area contributed by atoms with Crippen molar-refractivity contribution in [2.24, 2.45) is 5.11 Å². The third-order valence-corrected chi connectivity index (χ3v) is 2.19. The molecule has 7 heteroatoms. The summed E-state index contributed by atoms with van der Waals surface area (Å²) in [5, 5.41) is 3.47. The van der Waals surface area contributed by atoms with Gasteiger partial charge in [0.05, 0.1) is 11.0 Å². The molecule has 1 aromatic carbocycles. The SMILES string of the molecule is Cc1cc2[nH]c(=O)c(=O)[nH]c2cc1N=[N+]=[N-]. The van der Waals surface area contributed by atoms with Crippen LogP contribution in [0.15, 0.2) is 26.8 Å². The van der Waals surface area contributed by atoms with E-state index >= 15 is 0 Å². The van der Waals surface area contributed by atoms with Crippen LogP contribution in [0.3, 0.4) is 0 Å². The fourth-order valence-electron chi connectivity index (χ4n) is 1.42. The van der Waals surface area contributed by atoms with Crippen molar-refractivity contribution >= 4 is 16.7 Å². The van der Waals surface area contributed by atoms with Crippen LogP contribution in [0.5, 0.6) is 0 Å². The molecule has 0 aliphatic heterocycles. The zero-order valence-corrected chi connectivity index (χ0v) is 8.31. The second-order valence-corrected chi connectivity index (χ2v) is 3.28. The Kier molecular flexibility index (Phi) is 2.23. The lowest BCUT2D eigenvalue weighted by molar-refractivity contribution is 1.14. The van der Waals surface area contributed by atoms with Crippen LogP contribution < -0.4 is 11.1 Å². The number of aromatic amines is 2. The number of aromatic nitrogens is 2. The van der Waals surface area contributed by atoms with Crippen molar-refractivity contribution in [3.63, 3.8) is 0 Å². The first-order valence-electron chi connectivity index (χ1n) is 4.44. The summed E-state index contributed by atoms with van der Waals surface area (Å²) >= 11 is 0. The van der Waals surface area contributed by atoms with Gasteiger partial charge in [-0.25, -0.2) is 0 Å². The molecule has 0 aliphatic rings. The molecule has 2 rings (SSSR count). The number of azide groups is 1. The van der Waals surface area contributed by atoms with Crippen LogP contribution in [0.2, 0.25) is 0 Å². The standard InChI is InChI=1S/C9H7N5O2/c1-4-2-6-7(3-5(4)13-14-10)12-9(16)8(15)11-6/h2-3H,1H3,(H,11,15)(H,12,16). The molecular formula is C9H7N5O2. The van der Waals surface area contributed by atoms with E-state index in [-0.39, 0.29) is 0 Å². The molecule has 7 nitrogen and oxygen atoms in total. The Morgan fingerprint density at radius 2 is 1.75 bits per heavy atom. The van der Waals surface area contributed by atoms with Gasteiger partial charge >= 0.3 is 11.1 Å². The van der Waals surface area contributed by atoms with Gasteiger partial charge in [-0.05, 0) is 30.2 Å². The molecule has 0 fully saturated rings. The summed E-state index contributed by atoms with van der Waals surface area (Å²) in [5.74, 6) is 0. The molecule has 2 N–H and O–H groups in total. The van der Waals surface area contributed by atoms with E-state index in [1.54, 1.807) is 13.0 Å². The summed E-state index contributed by atoms with van der Waals surface area (Å²) in [6, 6.07) is 3.15. The predicted octanol–water partition coefficient (Wildman–Crippen LogP) is 1.47. The first-order valence-corrected chi connectivity index (χ1v) is 4.44. The minimum Gasteiger partial charge on any atom is -0.316 e. The molecule has 0 radical (unpaired) electrons. The van der Waals surface area contributed by atoms with Gasteiger partial charge in [-0.1, -0.05) is 5.11 Å². The van der Waals surface area contributed by atoms with Crippen molar-refractivity contribution in [2.45, 2.75) is 6.92 Å². The van der Waals surface area contributed by atoms with Crippen LogP contribution in [-0.2, 0) is 0 Å². The van der Waals surface area contributed by atoms with Crippen molar-refractivity contribution in [1.82, 2.24) is 9.97 Å². The molecule has 0 saturated heterocycles. The van der Waals surface area contributed by atoms with E-state index in [9.17, 15) is 9.59 Å². The minimum atomic E-state index is -0.733. The Balaban J connectivity index is 2.90. The molecule has 0 spiro atoms. The highest BCUT2D eigenvalue weighted by molar-refractivity contribution is 5.79. The molecule has 1 heterocycles. The Bertz CT molecular complexity index is 721. The fourth-order valence-corrected chi connectivity index (χ4v) is 1.42. The van der Waals surface area contributed by atoms with Crippen molar-refractivity contribution in [1.29, 1.82) is 0 Å². The number of benzene rings is 1. The quantitative estimate of drug-likeness (QED) is 0.326. The maximum Gasteiger partial charge on any atom is 0.314 e. The largest absolute Gasteiger partial charge is 0.316 e. The normalized spacial score (nSPS) is 10.1. The highest BCUT2D eigenvalue weighted by Crippen LogP contribution is 2.22. The topological polar surface area (TPSA) is 114 Å². The first kappa shape index (κ1) is 10.0.